The summed E-state index contributed by atoms with van der Waals surface area (Å²) in [7, 11) is 0. The first-order valence-electron chi connectivity index (χ1n) is 7.82. The first-order valence-corrected chi connectivity index (χ1v) is 8.76. The average Bonchev–Trinajstić information content (AvgIpc) is 2.99. The molecule has 9 nitrogen and oxygen atoms in total. The van der Waals surface area contributed by atoms with Crippen LogP contribution >= 0.6 is 11.3 Å². The van der Waals surface area contributed by atoms with Crippen LogP contribution < -0.4 is 4.90 Å². The Labute approximate surface area is 147 Å². The van der Waals surface area contributed by atoms with Crippen LogP contribution in [0.2, 0.25) is 0 Å². The standard InChI is InChI=1S/C15H17N5O4S/c21-19(22)13-2-3-14(15(8-13)20(23)24)18-5-1-4-17(6-7-18)9-12-10-25-11-16-12/h2-3,8,10-11H,1,4-7,9H2. The topological polar surface area (TPSA) is 106 Å². The Morgan fingerprint density at radius 2 is 1.96 bits per heavy atom. The zero-order valence-electron chi connectivity index (χ0n) is 13.4. The highest BCUT2D eigenvalue weighted by atomic mass is 32.1. The van der Waals surface area contributed by atoms with Crippen molar-refractivity contribution in [1.29, 1.82) is 0 Å². The van der Waals surface area contributed by atoms with Crippen LogP contribution in [0.5, 0.6) is 0 Å². The molecular weight excluding hydrogens is 346 g/mol. The zero-order chi connectivity index (χ0) is 17.8. The fourth-order valence-electron chi connectivity index (χ4n) is 2.95. The number of hydrogen-bond donors (Lipinski definition) is 0. The second kappa shape index (κ2) is 7.53. The van der Waals surface area contributed by atoms with E-state index < -0.39 is 9.85 Å². The van der Waals surface area contributed by atoms with Gasteiger partial charge >= 0.3 is 0 Å². The summed E-state index contributed by atoms with van der Waals surface area (Å²) >= 11 is 1.56. The van der Waals surface area contributed by atoms with Crippen LogP contribution in [0.15, 0.2) is 29.1 Å². The van der Waals surface area contributed by atoms with Crippen LogP contribution in [0.3, 0.4) is 0 Å². The van der Waals surface area contributed by atoms with Gasteiger partial charge in [-0.1, -0.05) is 0 Å². The third kappa shape index (κ3) is 4.09. The van der Waals surface area contributed by atoms with Crippen molar-refractivity contribution in [3.63, 3.8) is 0 Å². The van der Waals surface area contributed by atoms with Crippen molar-refractivity contribution >= 4 is 28.4 Å². The van der Waals surface area contributed by atoms with E-state index in [1.54, 1.807) is 16.8 Å². The fraction of sp³-hybridized carbons (Fsp3) is 0.400. The lowest BCUT2D eigenvalue weighted by Crippen LogP contribution is -2.30. The lowest BCUT2D eigenvalue weighted by Gasteiger charge is -2.23. The minimum Gasteiger partial charge on any atom is -0.365 e. The number of aromatic nitrogens is 1. The molecule has 25 heavy (non-hydrogen) atoms. The number of thiazole rings is 1. The Hall–Kier alpha value is -2.59. The lowest BCUT2D eigenvalue weighted by molar-refractivity contribution is -0.393. The SMILES string of the molecule is O=[N+]([O-])c1ccc(N2CCCN(Cc3cscn3)CC2)c([N+](=O)[O-])c1. The van der Waals surface area contributed by atoms with E-state index in [-0.39, 0.29) is 11.4 Å². The summed E-state index contributed by atoms with van der Waals surface area (Å²) in [4.78, 5) is 29.5. The minimum absolute atomic E-state index is 0.220. The van der Waals surface area contributed by atoms with E-state index in [0.717, 1.165) is 37.8 Å². The second-order valence-electron chi connectivity index (χ2n) is 5.78. The summed E-state index contributed by atoms with van der Waals surface area (Å²) in [5, 5.41) is 24.2. The summed E-state index contributed by atoms with van der Waals surface area (Å²) in [5.41, 5.74) is 2.78. The number of non-ortho nitro benzene ring substituents is 1. The maximum atomic E-state index is 11.3. The molecule has 0 amide bonds. The van der Waals surface area contributed by atoms with Crippen LogP contribution in [0.25, 0.3) is 0 Å². The van der Waals surface area contributed by atoms with E-state index in [1.165, 1.54) is 12.1 Å². The van der Waals surface area contributed by atoms with Gasteiger partial charge in [0.1, 0.15) is 5.69 Å². The van der Waals surface area contributed by atoms with Crippen molar-refractivity contribution < 1.29 is 9.85 Å². The Morgan fingerprint density at radius 1 is 1.12 bits per heavy atom. The Morgan fingerprint density at radius 3 is 2.64 bits per heavy atom. The van der Waals surface area contributed by atoms with E-state index in [4.69, 9.17) is 0 Å². The van der Waals surface area contributed by atoms with Gasteiger partial charge in [0.2, 0.25) is 0 Å². The number of nitro benzene ring substituents is 2. The van der Waals surface area contributed by atoms with E-state index in [0.29, 0.717) is 18.8 Å². The molecule has 0 radical (unpaired) electrons. The van der Waals surface area contributed by atoms with Crippen LogP contribution in [0, 0.1) is 20.2 Å². The summed E-state index contributed by atoms with van der Waals surface area (Å²) in [6, 6.07) is 3.83. The molecule has 0 spiro atoms. The maximum absolute atomic E-state index is 11.3. The van der Waals surface area contributed by atoms with Gasteiger partial charge in [-0.3, -0.25) is 25.1 Å². The van der Waals surface area contributed by atoms with Crippen molar-refractivity contribution in [2.45, 2.75) is 13.0 Å². The van der Waals surface area contributed by atoms with Crippen LogP contribution in [0.4, 0.5) is 17.1 Å². The predicted octanol–water partition coefficient (Wildman–Crippen LogP) is 2.67. The number of nitro groups is 2. The largest absolute Gasteiger partial charge is 0.365 e. The third-order valence-electron chi connectivity index (χ3n) is 4.16. The van der Waals surface area contributed by atoms with Gasteiger partial charge in [-0.05, 0) is 12.5 Å². The number of anilines is 1. The Kier molecular flexibility index (Phi) is 5.19. The van der Waals surface area contributed by atoms with Gasteiger partial charge in [0.05, 0.1) is 27.1 Å². The highest BCUT2D eigenvalue weighted by Crippen LogP contribution is 2.32. The molecule has 0 N–H and O–H groups in total. The molecule has 1 aromatic heterocycles. The van der Waals surface area contributed by atoms with Crippen molar-refractivity contribution in [1.82, 2.24) is 9.88 Å². The normalized spacial score (nSPS) is 15.8. The zero-order valence-corrected chi connectivity index (χ0v) is 14.2. The number of hydrogen-bond acceptors (Lipinski definition) is 8. The molecule has 1 fully saturated rings. The van der Waals surface area contributed by atoms with E-state index in [9.17, 15) is 20.2 Å². The van der Waals surface area contributed by atoms with Crippen LogP contribution in [-0.2, 0) is 6.54 Å². The smallest absolute Gasteiger partial charge is 0.299 e. The number of nitrogens with zero attached hydrogens (tertiary/aromatic N) is 5. The minimum atomic E-state index is -0.616. The quantitative estimate of drug-likeness (QED) is 0.594. The Balaban J connectivity index is 1.75. The van der Waals surface area contributed by atoms with Crippen molar-refractivity contribution in [3.05, 3.63) is 55.0 Å². The molecular formula is C15H17N5O4S. The van der Waals surface area contributed by atoms with E-state index in [1.807, 2.05) is 10.3 Å². The van der Waals surface area contributed by atoms with Crippen molar-refractivity contribution in [3.8, 4) is 0 Å². The molecule has 0 atom stereocenters. The average molecular weight is 363 g/mol. The second-order valence-corrected chi connectivity index (χ2v) is 6.50. The molecule has 1 saturated heterocycles. The Bertz CT molecular complexity index is 767. The summed E-state index contributed by atoms with van der Waals surface area (Å²) in [5.74, 6) is 0. The molecule has 2 aromatic rings. The van der Waals surface area contributed by atoms with Crippen LogP contribution in [0.1, 0.15) is 12.1 Å². The fourth-order valence-corrected chi connectivity index (χ4v) is 3.50. The molecule has 1 aliphatic rings. The van der Waals surface area contributed by atoms with Gasteiger partial charge in [0, 0.05) is 44.2 Å². The molecule has 0 saturated carbocycles. The van der Waals surface area contributed by atoms with Crippen molar-refractivity contribution in [2.24, 2.45) is 0 Å². The third-order valence-corrected chi connectivity index (χ3v) is 4.80. The van der Waals surface area contributed by atoms with Gasteiger partial charge in [0.25, 0.3) is 11.4 Å². The maximum Gasteiger partial charge on any atom is 0.299 e. The van der Waals surface area contributed by atoms with Gasteiger partial charge in [-0.2, -0.15) is 0 Å². The molecule has 0 aliphatic carbocycles. The highest BCUT2D eigenvalue weighted by Gasteiger charge is 2.25. The molecule has 0 bridgehead atoms. The summed E-state index contributed by atoms with van der Waals surface area (Å²) < 4.78 is 0. The molecule has 1 aliphatic heterocycles. The molecule has 1 aromatic carbocycles. The van der Waals surface area contributed by atoms with Crippen molar-refractivity contribution in [2.75, 3.05) is 31.1 Å². The van der Waals surface area contributed by atoms with Gasteiger partial charge in [0.15, 0.2) is 0 Å². The van der Waals surface area contributed by atoms with Gasteiger partial charge < -0.3 is 4.90 Å². The number of rotatable bonds is 5. The first-order chi connectivity index (χ1) is 12.0. The van der Waals surface area contributed by atoms with E-state index >= 15 is 0 Å². The van der Waals surface area contributed by atoms with E-state index in [2.05, 4.69) is 9.88 Å². The summed E-state index contributed by atoms with van der Waals surface area (Å²) in [6.45, 7) is 3.70. The predicted molar refractivity (Wildman–Crippen MR) is 94.0 cm³/mol. The molecule has 132 valence electrons. The number of benzene rings is 1. The van der Waals surface area contributed by atoms with Crippen LogP contribution in [-0.4, -0.2) is 45.9 Å². The monoisotopic (exact) mass is 363 g/mol. The lowest BCUT2D eigenvalue weighted by atomic mass is 10.2. The summed E-state index contributed by atoms with van der Waals surface area (Å²) in [6.07, 6.45) is 0.859. The molecule has 3 rings (SSSR count). The van der Waals surface area contributed by atoms with Gasteiger partial charge in [-0.25, -0.2) is 4.98 Å². The molecule has 10 heteroatoms. The molecule has 0 unspecified atom stereocenters. The highest BCUT2D eigenvalue weighted by molar-refractivity contribution is 7.07. The molecule has 2 heterocycles. The van der Waals surface area contributed by atoms with Gasteiger partial charge in [-0.15, -0.1) is 11.3 Å². The first kappa shape index (κ1) is 17.2.